The van der Waals surface area contributed by atoms with Crippen molar-refractivity contribution in [1.82, 2.24) is 10.6 Å². The summed E-state index contributed by atoms with van der Waals surface area (Å²) in [7, 11) is 0. The molecule has 0 heterocycles. The van der Waals surface area contributed by atoms with Gasteiger partial charge in [-0.1, -0.05) is 25.3 Å². The van der Waals surface area contributed by atoms with Gasteiger partial charge in [-0.25, -0.2) is 0 Å². The van der Waals surface area contributed by atoms with Crippen molar-refractivity contribution in [3.05, 3.63) is 12.2 Å². The summed E-state index contributed by atoms with van der Waals surface area (Å²) in [5, 5.41) is 5.56. The fourth-order valence-corrected chi connectivity index (χ4v) is 2.79. The first kappa shape index (κ1) is 18.7. The molecule has 6 heteroatoms. The fraction of sp³-hybridized carbons (Fsp3) is 0.643. The monoisotopic (exact) mass is 300 g/mol. The minimum Gasteiger partial charge on any atom is -0.356 e. The zero-order valence-corrected chi connectivity index (χ0v) is 13.5. The summed E-state index contributed by atoms with van der Waals surface area (Å²) in [5.41, 5.74) is -0.00552. The molecule has 0 saturated heterocycles. The summed E-state index contributed by atoms with van der Waals surface area (Å²) in [6, 6.07) is 0. The van der Waals surface area contributed by atoms with Crippen LogP contribution in [0.25, 0.3) is 0 Å². The highest BCUT2D eigenvalue weighted by molar-refractivity contribution is 8.14. The third kappa shape index (κ3) is 7.33. The average molecular weight is 300 g/mol. The lowest BCUT2D eigenvalue weighted by molar-refractivity contribution is -0.120. The van der Waals surface area contributed by atoms with Gasteiger partial charge in [0.2, 0.25) is 16.9 Å². The minimum absolute atomic E-state index is 0.0762. The van der Waals surface area contributed by atoms with Crippen molar-refractivity contribution < 1.29 is 14.4 Å². The third-order valence-electron chi connectivity index (χ3n) is 2.92. The maximum Gasteiger partial charge on any atom is 0.217 e. The quantitative estimate of drug-likeness (QED) is 0.668. The Morgan fingerprint density at radius 2 is 1.75 bits per heavy atom. The van der Waals surface area contributed by atoms with Crippen LogP contribution in [0.1, 0.15) is 40.5 Å². The molecule has 114 valence electrons. The Hall–Kier alpha value is -1.30. The first-order valence-corrected chi connectivity index (χ1v) is 7.57. The van der Waals surface area contributed by atoms with Gasteiger partial charge in [0.25, 0.3) is 0 Å². The molecule has 0 radical (unpaired) electrons. The molecule has 0 aliphatic heterocycles. The van der Waals surface area contributed by atoms with E-state index in [1.165, 1.54) is 13.8 Å². The Morgan fingerprint density at radius 1 is 1.15 bits per heavy atom. The number of carbonyl (C=O) groups excluding carboxylic acids is 3. The standard InChI is InChI=1S/C14H24N2O3S/c1-6-14(16-12(5)18,7-8-15-11(4)17)9-20-13(19)10(2)3/h2,6-9H2,1,3-5H3,(H,15,17)(H,16,18). The maximum atomic E-state index is 11.7. The molecule has 0 aromatic carbocycles. The first-order chi connectivity index (χ1) is 9.22. The molecular weight excluding hydrogens is 276 g/mol. The summed E-state index contributed by atoms with van der Waals surface area (Å²) in [5.74, 6) is 0.218. The van der Waals surface area contributed by atoms with Crippen LogP contribution in [0.3, 0.4) is 0 Å². The SMILES string of the molecule is C=C(C)C(=O)SCC(CC)(CCNC(C)=O)NC(C)=O. The number of nitrogens with one attached hydrogen (secondary N) is 2. The van der Waals surface area contributed by atoms with Gasteiger partial charge in [-0.3, -0.25) is 14.4 Å². The van der Waals surface area contributed by atoms with E-state index in [9.17, 15) is 14.4 Å². The Labute approximate surface area is 125 Å². The van der Waals surface area contributed by atoms with Crippen LogP contribution in [-0.2, 0) is 14.4 Å². The molecule has 0 aliphatic rings. The Kier molecular flexibility index (Phi) is 8.22. The number of carbonyl (C=O) groups is 3. The molecule has 0 aromatic rings. The largest absolute Gasteiger partial charge is 0.356 e. The summed E-state index contributed by atoms with van der Waals surface area (Å²) >= 11 is 1.15. The van der Waals surface area contributed by atoms with Gasteiger partial charge in [-0.15, -0.1) is 0 Å². The van der Waals surface area contributed by atoms with Gasteiger partial charge in [0.05, 0.1) is 5.54 Å². The second-order valence-electron chi connectivity index (χ2n) is 4.90. The molecule has 0 saturated carbocycles. The number of thioether (sulfide) groups is 1. The molecule has 2 N–H and O–H groups in total. The molecule has 1 unspecified atom stereocenters. The lowest BCUT2D eigenvalue weighted by Gasteiger charge is -2.33. The van der Waals surface area contributed by atoms with Crippen molar-refractivity contribution in [3.63, 3.8) is 0 Å². The molecule has 2 amide bonds. The van der Waals surface area contributed by atoms with E-state index >= 15 is 0 Å². The van der Waals surface area contributed by atoms with Crippen LogP contribution in [-0.4, -0.2) is 34.8 Å². The van der Waals surface area contributed by atoms with E-state index in [1.807, 2.05) is 6.92 Å². The van der Waals surface area contributed by atoms with Gasteiger partial charge in [0.1, 0.15) is 0 Å². The van der Waals surface area contributed by atoms with E-state index in [2.05, 4.69) is 17.2 Å². The Balaban J connectivity index is 4.73. The first-order valence-electron chi connectivity index (χ1n) is 6.58. The summed E-state index contributed by atoms with van der Waals surface area (Å²) in [4.78, 5) is 34.0. The van der Waals surface area contributed by atoms with Crippen molar-refractivity contribution in [2.24, 2.45) is 0 Å². The Bertz CT molecular complexity index is 396. The van der Waals surface area contributed by atoms with E-state index in [1.54, 1.807) is 6.92 Å². The van der Waals surface area contributed by atoms with Crippen LogP contribution in [0.5, 0.6) is 0 Å². The zero-order valence-electron chi connectivity index (χ0n) is 12.7. The maximum absolute atomic E-state index is 11.7. The molecule has 0 fully saturated rings. The topological polar surface area (TPSA) is 75.3 Å². The second-order valence-corrected chi connectivity index (χ2v) is 5.85. The van der Waals surface area contributed by atoms with Gasteiger partial charge in [-0.05, 0) is 25.3 Å². The second kappa shape index (κ2) is 8.79. The van der Waals surface area contributed by atoms with Crippen molar-refractivity contribution in [1.29, 1.82) is 0 Å². The molecule has 0 rings (SSSR count). The number of amides is 2. The van der Waals surface area contributed by atoms with Crippen LogP contribution in [0.4, 0.5) is 0 Å². The van der Waals surface area contributed by atoms with Crippen LogP contribution >= 0.6 is 11.8 Å². The molecule has 0 aromatic heterocycles. The highest BCUT2D eigenvalue weighted by Gasteiger charge is 2.30. The molecule has 5 nitrogen and oxygen atoms in total. The third-order valence-corrected chi connectivity index (χ3v) is 4.23. The minimum atomic E-state index is -0.496. The Morgan fingerprint density at radius 3 is 2.15 bits per heavy atom. The highest BCUT2D eigenvalue weighted by Crippen LogP contribution is 2.23. The van der Waals surface area contributed by atoms with Gasteiger partial charge < -0.3 is 10.6 Å². The van der Waals surface area contributed by atoms with Crippen molar-refractivity contribution in [3.8, 4) is 0 Å². The smallest absolute Gasteiger partial charge is 0.217 e. The lowest BCUT2D eigenvalue weighted by Crippen LogP contribution is -2.51. The summed E-state index contributed by atoms with van der Waals surface area (Å²) < 4.78 is 0. The van der Waals surface area contributed by atoms with Crippen LogP contribution in [0, 0.1) is 0 Å². The van der Waals surface area contributed by atoms with E-state index < -0.39 is 5.54 Å². The van der Waals surface area contributed by atoms with Crippen molar-refractivity contribution in [2.75, 3.05) is 12.3 Å². The molecule has 1 atom stereocenters. The fourth-order valence-electron chi connectivity index (χ4n) is 1.72. The normalized spacial score (nSPS) is 13.2. The van der Waals surface area contributed by atoms with Crippen LogP contribution in [0.15, 0.2) is 12.2 Å². The van der Waals surface area contributed by atoms with Gasteiger partial charge in [0, 0.05) is 26.1 Å². The van der Waals surface area contributed by atoms with Gasteiger partial charge in [0.15, 0.2) is 0 Å². The van der Waals surface area contributed by atoms with E-state index in [-0.39, 0.29) is 16.9 Å². The van der Waals surface area contributed by atoms with Crippen molar-refractivity contribution >= 4 is 28.7 Å². The van der Waals surface area contributed by atoms with E-state index in [0.717, 1.165) is 11.8 Å². The summed E-state index contributed by atoms with van der Waals surface area (Å²) in [6.07, 6.45) is 1.27. The van der Waals surface area contributed by atoms with E-state index in [0.29, 0.717) is 30.7 Å². The van der Waals surface area contributed by atoms with Gasteiger partial charge in [-0.2, -0.15) is 0 Å². The van der Waals surface area contributed by atoms with Crippen LogP contribution < -0.4 is 10.6 Å². The number of rotatable bonds is 8. The van der Waals surface area contributed by atoms with Crippen molar-refractivity contribution in [2.45, 2.75) is 46.1 Å². The zero-order chi connectivity index (χ0) is 15.8. The molecular formula is C14H24N2O3S. The average Bonchev–Trinajstić information content (AvgIpc) is 2.34. The molecule has 0 aliphatic carbocycles. The highest BCUT2D eigenvalue weighted by atomic mass is 32.2. The molecule has 0 bridgehead atoms. The lowest BCUT2D eigenvalue weighted by atomic mass is 9.94. The van der Waals surface area contributed by atoms with Crippen LogP contribution in [0.2, 0.25) is 0 Å². The molecule has 0 spiro atoms. The van der Waals surface area contributed by atoms with E-state index in [4.69, 9.17) is 0 Å². The molecule has 20 heavy (non-hydrogen) atoms. The number of hydrogen-bond acceptors (Lipinski definition) is 4. The predicted molar refractivity (Wildman–Crippen MR) is 82.4 cm³/mol. The van der Waals surface area contributed by atoms with Gasteiger partial charge >= 0.3 is 0 Å². The summed E-state index contributed by atoms with van der Waals surface area (Å²) in [6.45, 7) is 10.6. The number of hydrogen-bond donors (Lipinski definition) is 2. The predicted octanol–water partition coefficient (Wildman–Crippen LogP) is 1.63.